The summed E-state index contributed by atoms with van der Waals surface area (Å²) in [6.07, 6.45) is 6.58. The number of aryl methyl sites for hydroxylation is 1. The Morgan fingerprint density at radius 2 is 2.04 bits per heavy atom. The lowest BCUT2D eigenvalue weighted by molar-refractivity contribution is -0.149. The molecule has 1 aliphatic rings. The number of nitrogens with zero attached hydrogens (tertiary/aromatic N) is 3. The number of aromatic nitrogens is 2. The van der Waals surface area contributed by atoms with Gasteiger partial charge in [-0.1, -0.05) is 18.2 Å². The van der Waals surface area contributed by atoms with Gasteiger partial charge in [-0.15, -0.1) is 0 Å². The van der Waals surface area contributed by atoms with Crippen LogP contribution in [0.5, 0.6) is 0 Å². The topological polar surface area (TPSA) is 59.4 Å². The number of benzene rings is 1. The van der Waals surface area contributed by atoms with Crippen LogP contribution in [-0.4, -0.2) is 59.5 Å². The van der Waals surface area contributed by atoms with Crippen LogP contribution in [0.15, 0.2) is 42.7 Å². The van der Waals surface area contributed by atoms with Gasteiger partial charge in [-0.2, -0.15) is 5.10 Å². The zero-order valence-electron chi connectivity index (χ0n) is 16.4. The molecule has 1 aromatic carbocycles. The van der Waals surface area contributed by atoms with Crippen LogP contribution in [-0.2, 0) is 22.5 Å². The average molecular weight is 388 g/mol. The van der Waals surface area contributed by atoms with Gasteiger partial charge in [-0.25, -0.2) is 4.39 Å². The highest BCUT2D eigenvalue weighted by atomic mass is 19.1. The summed E-state index contributed by atoms with van der Waals surface area (Å²) >= 11 is 0. The lowest BCUT2D eigenvalue weighted by Crippen LogP contribution is -2.55. The van der Waals surface area contributed by atoms with E-state index in [1.165, 1.54) is 6.07 Å². The lowest BCUT2D eigenvalue weighted by atomic mass is 9.90. The van der Waals surface area contributed by atoms with E-state index in [1.54, 1.807) is 31.5 Å². The van der Waals surface area contributed by atoms with Crippen LogP contribution in [0.3, 0.4) is 0 Å². The summed E-state index contributed by atoms with van der Waals surface area (Å²) in [6, 6.07) is 8.59. The molecule has 152 valence electrons. The number of likely N-dealkylation sites (tertiary alicyclic amines) is 1. The quantitative estimate of drug-likeness (QED) is 0.716. The first kappa shape index (κ1) is 20.5. The maximum Gasteiger partial charge on any atom is 0.252 e. The highest BCUT2D eigenvalue weighted by Gasteiger charge is 2.41. The third-order valence-corrected chi connectivity index (χ3v) is 5.53. The molecule has 1 aliphatic heterocycles. The van der Waals surface area contributed by atoms with Crippen molar-refractivity contribution in [2.75, 3.05) is 33.3 Å². The monoisotopic (exact) mass is 388 g/mol. The fourth-order valence-corrected chi connectivity index (χ4v) is 3.72. The number of ether oxygens (including phenoxy) is 1. The molecule has 0 radical (unpaired) electrons. The van der Waals surface area contributed by atoms with Crippen LogP contribution in [0.2, 0.25) is 0 Å². The number of rotatable bonds is 9. The Bertz CT molecular complexity index is 743. The van der Waals surface area contributed by atoms with Crippen molar-refractivity contribution >= 4 is 5.91 Å². The minimum absolute atomic E-state index is 0.0949. The van der Waals surface area contributed by atoms with Gasteiger partial charge in [0.15, 0.2) is 0 Å². The normalized spacial score (nSPS) is 16.8. The maximum absolute atomic E-state index is 13.7. The van der Waals surface area contributed by atoms with Crippen LogP contribution in [0.4, 0.5) is 4.39 Å². The molecule has 0 atom stereocenters. The first-order valence-corrected chi connectivity index (χ1v) is 9.90. The van der Waals surface area contributed by atoms with E-state index in [4.69, 9.17) is 4.74 Å². The van der Waals surface area contributed by atoms with Crippen molar-refractivity contribution in [1.29, 1.82) is 0 Å². The summed E-state index contributed by atoms with van der Waals surface area (Å²) in [5.74, 6) is -0.329. The SMILES string of the molecule is COC1(C(=O)NCCc2ccccc2F)CCN(CCCn2cccn2)CC1. The highest BCUT2D eigenvalue weighted by molar-refractivity contribution is 5.85. The van der Waals surface area contributed by atoms with Gasteiger partial charge < -0.3 is 15.0 Å². The van der Waals surface area contributed by atoms with Crippen LogP contribution < -0.4 is 5.32 Å². The lowest BCUT2D eigenvalue weighted by Gasteiger charge is -2.39. The van der Waals surface area contributed by atoms with Gasteiger partial charge in [-0.3, -0.25) is 9.48 Å². The molecule has 1 fully saturated rings. The molecule has 0 unspecified atom stereocenters. The van der Waals surface area contributed by atoms with Gasteiger partial charge in [0.1, 0.15) is 11.4 Å². The highest BCUT2D eigenvalue weighted by Crippen LogP contribution is 2.26. The zero-order valence-corrected chi connectivity index (χ0v) is 16.4. The minimum atomic E-state index is -0.784. The zero-order chi connectivity index (χ0) is 19.8. The molecule has 1 amide bonds. The molecule has 1 aromatic heterocycles. The summed E-state index contributed by atoms with van der Waals surface area (Å²) in [6.45, 7) is 3.93. The Morgan fingerprint density at radius 3 is 2.71 bits per heavy atom. The minimum Gasteiger partial charge on any atom is -0.368 e. The molecule has 0 spiro atoms. The molecular formula is C21H29FN4O2. The Kier molecular flexibility index (Phi) is 7.17. The summed E-state index contributed by atoms with van der Waals surface area (Å²) in [7, 11) is 1.60. The number of halogens is 1. The van der Waals surface area contributed by atoms with Crippen molar-refractivity contribution in [2.45, 2.75) is 37.8 Å². The van der Waals surface area contributed by atoms with Crippen LogP contribution in [0.1, 0.15) is 24.8 Å². The molecule has 1 saturated heterocycles. The molecule has 7 heteroatoms. The molecule has 0 aliphatic carbocycles. The standard InChI is InChI=1S/C21H29FN4O2/c1-28-21(20(27)23-12-8-18-6-2-3-7-19(18)22)9-16-25(17-10-21)13-5-15-26-14-4-11-24-26/h2-4,6-7,11,14H,5,8-10,12-13,15-17H2,1H3,(H,23,27). The first-order chi connectivity index (χ1) is 13.6. The van der Waals surface area contributed by atoms with E-state index >= 15 is 0 Å². The fourth-order valence-electron chi connectivity index (χ4n) is 3.72. The van der Waals surface area contributed by atoms with Crippen molar-refractivity contribution in [2.24, 2.45) is 0 Å². The summed E-state index contributed by atoms with van der Waals surface area (Å²) < 4.78 is 21.3. The molecule has 3 rings (SSSR count). The number of hydrogen-bond acceptors (Lipinski definition) is 4. The van der Waals surface area contributed by atoms with E-state index in [2.05, 4.69) is 15.3 Å². The summed E-state index contributed by atoms with van der Waals surface area (Å²) in [5, 5.41) is 7.15. The Labute approximate surface area is 165 Å². The van der Waals surface area contributed by atoms with Gasteiger partial charge in [0.05, 0.1) is 0 Å². The van der Waals surface area contributed by atoms with Crippen LogP contribution in [0.25, 0.3) is 0 Å². The number of hydrogen-bond donors (Lipinski definition) is 1. The maximum atomic E-state index is 13.7. The first-order valence-electron chi connectivity index (χ1n) is 9.90. The molecule has 1 N–H and O–H groups in total. The second-order valence-corrected chi connectivity index (χ2v) is 7.26. The number of piperidine rings is 1. The van der Waals surface area contributed by atoms with E-state index in [-0.39, 0.29) is 11.7 Å². The number of methoxy groups -OCH3 is 1. The van der Waals surface area contributed by atoms with Crippen LogP contribution >= 0.6 is 0 Å². The second kappa shape index (κ2) is 9.80. The van der Waals surface area contributed by atoms with Crippen molar-refractivity contribution in [3.63, 3.8) is 0 Å². The van der Waals surface area contributed by atoms with E-state index in [1.807, 2.05) is 16.9 Å². The summed E-state index contributed by atoms with van der Waals surface area (Å²) in [5.41, 5.74) is -0.172. The number of carbonyl (C=O) groups excluding carboxylic acids is 1. The predicted molar refractivity (Wildman–Crippen MR) is 105 cm³/mol. The van der Waals surface area contributed by atoms with E-state index in [9.17, 15) is 9.18 Å². The third-order valence-electron chi connectivity index (χ3n) is 5.53. The molecular weight excluding hydrogens is 359 g/mol. The number of amides is 1. The van der Waals surface area contributed by atoms with Gasteiger partial charge in [0.25, 0.3) is 5.91 Å². The molecule has 0 bridgehead atoms. The smallest absolute Gasteiger partial charge is 0.252 e. The van der Waals surface area contributed by atoms with Crippen molar-refractivity contribution in [3.05, 3.63) is 54.1 Å². The molecule has 2 heterocycles. The van der Waals surface area contributed by atoms with Gasteiger partial charge in [0, 0.05) is 45.7 Å². The third kappa shape index (κ3) is 5.17. The van der Waals surface area contributed by atoms with Gasteiger partial charge in [0.2, 0.25) is 0 Å². The van der Waals surface area contributed by atoms with Crippen molar-refractivity contribution in [1.82, 2.24) is 20.0 Å². The van der Waals surface area contributed by atoms with Gasteiger partial charge >= 0.3 is 0 Å². The Balaban J connectivity index is 1.42. The molecule has 6 nitrogen and oxygen atoms in total. The predicted octanol–water partition coefficient (Wildman–Crippen LogP) is 2.25. The average Bonchev–Trinajstić information content (AvgIpc) is 3.23. The largest absolute Gasteiger partial charge is 0.368 e. The van der Waals surface area contributed by atoms with Gasteiger partial charge in [-0.05, 0) is 49.9 Å². The second-order valence-electron chi connectivity index (χ2n) is 7.26. The Morgan fingerprint density at radius 1 is 1.25 bits per heavy atom. The Hall–Kier alpha value is -2.25. The number of carbonyl (C=O) groups is 1. The van der Waals surface area contributed by atoms with Crippen LogP contribution in [0, 0.1) is 5.82 Å². The van der Waals surface area contributed by atoms with E-state index < -0.39 is 5.60 Å². The molecule has 28 heavy (non-hydrogen) atoms. The fraction of sp³-hybridized carbons (Fsp3) is 0.524. The summed E-state index contributed by atoms with van der Waals surface area (Å²) in [4.78, 5) is 15.1. The molecule has 0 saturated carbocycles. The van der Waals surface area contributed by atoms with Crippen molar-refractivity contribution in [3.8, 4) is 0 Å². The van der Waals surface area contributed by atoms with Crippen molar-refractivity contribution < 1.29 is 13.9 Å². The molecule has 2 aromatic rings. The van der Waals surface area contributed by atoms with E-state index in [0.717, 1.165) is 32.6 Å². The van der Waals surface area contributed by atoms with E-state index in [0.29, 0.717) is 31.4 Å². The number of nitrogens with one attached hydrogen (secondary N) is 1.